The van der Waals surface area contributed by atoms with Gasteiger partial charge in [0.25, 0.3) is 0 Å². The summed E-state index contributed by atoms with van der Waals surface area (Å²) in [5.41, 5.74) is 4.05. The van der Waals surface area contributed by atoms with Crippen LogP contribution in [0.25, 0.3) is 11.3 Å². The molecule has 4 rings (SSSR count). The van der Waals surface area contributed by atoms with Crippen molar-refractivity contribution < 1.29 is 32.6 Å². The van der Waals surface area contributed by atoms with Gasteiger partial charge in [-0.3, -0.25) is 9.36 Å². The SMILES string of the molecule is COC(=O)c1c(-c2ccc(F)c(F)c2)n(CCCN2CCC(C(=O)OC)(c3ccccc3)CC2)c(=O)n1C(N)=O. The van der Waals surface area contributed by atoms with Gasteiger partial charge in [0.05, 0.1) is 25.3 Å². The summed E-state index contributed by atoms with van der Waals surface area (Å²) in [4.78, 5) is 52.9. The first-order valence-corrected chi connectivity index (χ1v) is 12.7. The van der Waals surface area contributed by atoms with Crippen LogP contribution >= 0.6 is 0 Å². The highest BCUT2D eigenvalue weighted by Crippen LogP contribution is 2.37. The van der Waals surface area contributed by atoms with Gasteiger partial charge in [0.2, 0.25) is 0 Å². The van der Waals surface area contributed by atoms with Gasteiger partial charge in [-0.1, -0.05) is 30.3 Å². The van der Waals surface area contributed by atoms with Crippen molar-refractivity contribution in [2.24, 2.45) is 5.73 Å². The van der Waals surface area contributed by atoms with Crippen molar-refractivity contribution in [3.8, 4) is 11.3 Å². The lowest BCUT2D eigenvalue weighted by atomic mass is 9.72. The van der Waals surface area contributed by atoms with Gasteiger partial charge in [0.15, 0.2) is 17.3 Å². The summed E-state index contributed by atoms with van der Waals surface area (Å²) in [7, 11) is 2.44. The van der Waals surface area contributed by atoms with Crippen LogP contribution in [-0.4, -0.2) is 65.9 Å². The molecule has 10 nitrogen and oxygen atoms in total. The van der Waals surface area contributed by atoms with Crippen LogP contribution in [0.1, 0.15) is 35.3 Å². The zero-order valence-electron chi connectivity index (χ0n) is 22.2. The fraction of sp³-hybridized carbons (Fsp3) is 0.357. The maximum Gasteiger partial charge on any atom is 0.357 e. The fourth-order valence-electron chi connectivity index (χ4n) is 5.35. The van der Waals surface area contributed by atoms with Gasteiger partial charge >= 0.3 is 23.7 Å². The summed E-state index contributed by atoms with van der Waals surface area (Å²) in [6.07, 6.45) is 1.47. The molecule has 0 atom stereocenters. The Bertz CT molecular complexity index is 1480. The van der Waals surface area contributed by atoms with Crippen LogP contribution in [0.2, 0.25) is 0 Å². The quantitative estimate of drug-likeness (QED) is 0.423. The van der Waals surface area contributed by atoms with Crippen LogP contribution in [0.3, 0.4) is 0 Å². The summed E-state index contributed by atoms with van der Waals surface area (Å²) in [5, 5.41) is 0. The lowest BCUT2D eigenvalue weighted by Crippen LogP contribution is -2.48. The second kappa shape index (κ2) is 11.8. The molecule has 2 heterocycles. The number of halogens is 2. The Morgan fingerprint density at radius 3 is 2.20 bits per heavy atom. The number of carbonyl (C=O) groups is 3. The highest BCUT2D eigenvalue weighted by molar-refractivity contribution is 5.98. The van der Waals surface area contributed by atoms with Gasteiger partial charge in [-0.25, -0.2) is 27.7 Å². The van der Waals surface area contributed by atoms with E-state index in [-0.39, 0.29) is 23.8 Å². The summed E-state index contributed by atoms with van der Waals surface area (Å²) < 4.78 is 39.3. The maximum atomic E-state index is 14.1. The predicted octanol–water partition coefficient (Wildman–Crippen LogP) is 2.91. The molecule has 3 aromatic rings. The number of aromatic nitrogens is 2. The summed E-state index contributed by atoms with van der Waals surface area (Å²) in [5.74, 6) is -3.63. The highest BCUT2D eigenvalue weighted by Gasteiger charge is 2.43. The molecule has 0 spiro atoms. The van der Waals surface area contributed by atoms with Crippen molar-refractivity contribution in [3.63, 3.8) is 0 Å². The van der Waals surface area contributed by atoms with E-state index in [9.17, 15) is 28.0 Å². The third kappa shape index (κ3) is 5.26. The van der Waals surface area contributed by atoms with Gasteiger partial charge in [-0.15, -0.1) is 0 Å². The average Bonchev–Trinajstić information content (AvgIpc) is 3.26. The molecule has 1 aliphatic rings. The molecule has 1 saturated heterocycles. The molecule has 12 heteroatoms. The van der Waals surface area contributed by atoms with Crippen molar-refractivity contribution in [3.05, 3.63) is 81.9 Å². The number of rotatable bonds is 8. The Morgan fingerprint density at radius 2 is 1.62 bits per heavy atom. The highest BCUT2D eigenvalue weighted by atomic mass is 19.2. The Balaban J connectivity index is 1.58. The molecular formula is C28H30F2N4O6. The number of esters is 2. The van der Waals surface area contributed by atoms with E-state index in [1.807, 2.05) is 30.3 Å². The molecule has 1 aromatic heterocycles. The van der Waals surface area contributed by atoms with E-state index in [1.54, 1.807) is 0 Å². The molecule has 1 aliphatic heterocycles. The minimum absolute atomic E-state index is 0.0000882. The number of methoxy groups -OCH3 is 2. The number of carbonyl (C=O) groups excluding carboxylic acids is 3. The number of ether oxygens (including phenoxy) is 2. The third-order valence-electron chi connectivity index (χ3n) is 7.40. The predicted molar refractivity (Wildman–Crippen MR) is 141 cm³/mol. The van der Waals surface area contributed by atoms with E-state index in [1.165, 1.54) is 13.2 Å². The zero-order valence-corrected chi connectivity index (χ0v) is 22.2. The number of piperidine rings is 1. The van der Waals surface area contributed by atoms with Crippen molar-refractivity contribution in [2.45, 2.75) is 31.2 Å². The second-order valence-electron chi connectivity index (χ2n) is 9.56. The van der Waals surface area contributed by atoms with Crippen LogP contribution in [-0.2, 0) is 26.2 Å². The summed E-state index contributed by atoms with van der Waals surface area (Å²) in [6, 6.07) is 11.2. The number of nitrogens with zero attached hydrogens (tertiary/aromatic N) is 3. The zero-order chi connectivity index (χ0) is 29.0. The molecule has 0 saturated carbocycles. The maximum absolute atomic E-state index is 14.1. The Hall–Kier alpha value is -4.32. The van der Waals surface area contributed by atoms with E-state index in [0.29, 0.717) is 43.5 Å². The number of primary amides is 1. The summed E-state index contributed by atoms with van der Waals surface area (Å²) >= 11 is 0. The molecule has 0 aliphatic carbocycles. The molecule has 1 amide bonds. The number of nitrogens with two attached hydrogens (primary N) is 1. The summed E-state index contributed by atoms with van der Waals surface area (Å²) in [6.45, 7) is 1.73. The van der Waals surface area contributed by atoms with Crippen LogP contribution in [0.4, 0.5) is 13.6 Å². The van der Waals surface area contributed by atoms with Crippen LogP contribution in [0.5, 0.6) is 0 Å². The van der Waals surface area contributed by atoms with Crippen molar-refractivity contribution in [2.75, 3.05) is 33.9 Å². The van der Waals surface area contributed by atoms with Crippen LogP contribution in [0, 0.1) is 11.6 Å². The largest absolute Gasteiger partial charge is 0.468 e. The van der Waals surface area contributed by atoms with Crippen molar-refractivity contribution in [1.82, 2.24) is 14.0 Å². The second-order valence-corrected chi connectivity index (χ2v) is 9.56. The Morgan fingerprint density at radius 1 is 0.950 bits per heavy atom. The molecule has 0 bridgehead atoms. The lowest BCUT2D eigenvalue weighted by molar-refractivity contribution is -0.149. The molecule has 2 aromatic carbocycles. The van der Waals surface area contributed by atoms with E-state index >= 15 is 0 Å². The van der Waals surface area contributed by atoms with Crippen molar-refractivity contribution in [1.29, 1.82) is 0 Å². The molecule has 0 radical (unpaired) electrons. The molecule has 212 valence electrons. The number of imidazole rings is 1. The average molecular weight is 557 g/mol. The number of benzene rings is 2. The van der Waals surface area contributed by atoms with Crippen molar-refractivity contribution >= 4 is 18.0 Å². The smallest absolute Gasteiger partial charge is 0.357 e. The molecule has 2 N–H and O–H groups in total. The van der Waals surface area contributed by atoms with Gasteiger partial charge in [-0.05, 0) is 62.7 Å². The number of amides is 1. The van der Waals surface area contributed by atoms with Gasteiger partial charge in [-0.2, -0.15) is 0 Å². The third-order valence-corrected chi connectivity index (χ3v) is 7.40. The number of hydrogen-bond donors (Lipinski definition) is 1. The van der Waals surface area contributed by atoms with Crippen LogP contribution < -0.4 is 11.4 Å². The van der Waals surface area contributed by atoms with Gasteiger partial charge in [0.1, 0.15) is 0 Å². The van der Waals surface area contributed by atoms with Gasteiger partial charge < -0.3 is 20.1 Å². The standard InChI is InChI=1S/C28H30F2N4O6/c1-39-24(35)23-22(18-9-10-20(29)21(30)17-18)33(27(38)34(23)26(31)37)14-6-13-32-15-11-28(12-16-32,25(36)40-2)19-7-4-3-5-8-19/h3-5,7-10,17H,6,11-16H2,1-2H3,(H2,31,37). The first-order valence-electron chi connectivity index (χ1n) is 12.7. The molecule has 40 heavy (non-hydrogen) atoms. The van der Waals surface area contributed by atoms with Crippen LogP contribution in [0.15, 0.2) is 53.3 Å². The van der Waals surface area contributed by atoms with Gasteiger partial charge in [0, 0.05) is 12.1 Å². The minimum atomic E-state index is -1.22. The molecule has 1 fully saturated rings. The van der Waals surface area contributed by atoms with E-state index in [4.69, 9.17) is 15.2 Å². The lowest BCUT2D eigenvalue weighted by Gasteiger charge is -2.40. The monoisotopic (exact) mass is 556 g/mol. The fourth-order valence-corrected chi connectivity index (χ4v) is 5.35. The van der Waals surface area contributed by atoms with E-state index in [0.717, 1.165) is 29.4 Å². The first-order chi connectivity index (χ1) is 19.1. The van der Waals surface area contributed by atoms with E-state index < -0.39 is 40.4 Å². The Labute approximate surface area is 228 Å². The molecular weight excluding hydrogens is 526 g/mol. The van der Waals surface area contributed by atoms with E-state index in [2.05, 4.69) is 4.90 Å². The number of hydrogen-bond acceptors (Lipinski definition) is 7. The first kappa shape index (κ1) is 28.7. The Kier molecular flexibility index (Phi) is 8.48. The minimum Gasteiger partial charge on any atom is -0.468 e. The topological polar surface area (TPSA) is 126 Å². The molecule has 0 unspecified atom stereocenters. The normalized spacial score (nSPS) is 15.0. The number of likely N-dealkylation sites (tertiary alicyclic amines) is 1.